The molecule has 0 aromatic heterocycles. The van der Waals surface area contributed by atoms with Crippen molar-refractivity contribution < 1.29 is 80.2 Å². The molecule has 0 bridgehead atoms. The van der Waals surface area contributed by atoms with Crippen LogP contribution in [0.15, 0.2) is 0 Å². The molecule has 0 aromatic carbocycles. The number of phosphoric acid groups is 2. The fourth-order valence-electron chi connectivity index (χ4n) is 13.0. The summed E-state index contributed by atoms with van der Waals surface area (Å²) < 4.78 is 68.9. The average molecular weight is 1510 g/mol. The van der Waals surface area contributed by atoms with Gasteiger partial charge in [0.05, 0.1) is 26.4 Å². The van der Waals surface area contributed by atoms with Gasteiger partial charge in [0, 0.05) is 25.7 Å². The van der Waals surface area contributed by atoms with Crippen LogP contribution in [0.3, 0.4) is 0 Å². The Morgan fingerprint density at radius 3 is 0.660 bits per heavy atom. The molecule has 0 aliphatic rings. The van der Waals surface area contributed by atoms with Gasteiger partial charge in [0.15, 0.2) is 12.2 Å². The summed E-state index contributed by atoms with van der Waals surface area (Å²) in [7, 11) is -9.93. The number of ether oxygens (including phenoxy) is 4. The maximum Gasteiger partial charge on any atom is 0.472 e. The van der Waals surface area contributed by atoms with Crippen molar-refractivity contribution in [3.63, 3.8) is 0 Å². The lowest BCUT2D eigenvalue weighted by Crippen LogP contribution is -2.30. The van der Waals surface area contributed by atoms with E-state index in [2.05, 4.69) is 48.5 Å². The average Bonchev–Trinajstić information content (AvgIpc) is 0.906. The molecule has 0 aromatic rings. The van der Waals surface area contributed by atoms with Gasteiger partial charge in [0.1, 0.15) is 19.3 Å². The minimum atomic E-state index is -4.96. The van der Waals surface area contributed by atoms with E-state index >= 15 is 0 Å². The van der Waals surface area contributed by atoms with Crippen LogP contribution in [-0.4, -0.2) is 96.7 Å². The third-order valence-electron chi connectivity index (χ3n) is 19.6. The van der Waals surface area contributed by atoms with E-state index in [9.17, 15) is 43.2 Å². The smallest absolute Gasteiger partial charge is 0.462 e. The zero-order valence-electron chi connectivity index (χ0n) is 67.8. The molecule has 0 radical (unpaired) electrons. The number of aliphatic hydroxyl groups excluding tert-OH is 1. The Morgan fingerprint density at radius 1 is 0.262 bits per heavy atom. The first-order valence-electron chi connectivity index (χ1n) is 43.3. The van der Waals surface area contributed by atoms with Crippen LogP contribution in [-0.2, 0) is 65.4 Å². The highest BCUT2D eigenvalue weighted by Gasteiger charge is 2.30. The summed E-state index contributed by atoms with van der Waals surface area (Å²) >= 11 is 0. The second-order valence-corrected chi connectivity index (χ2v) is 34.6. The van der Waals surface area contributed by atoms with Crippen LogP contribution in [0.2, 0.25) is 0 Å². The van der Waals surface area contributed by atoms with Gasteiger partial charge in [-0.3, -0.25) is 37.3 Å². The van der Waals surface area contributed by atoms with Crippen LogP contribution in [0.4, 0.5) is 0 Å². The molecule has 0 saturated heterocycles. The Hall–Kier alpha value is -1.94. The molecule has 0 heterocycles. The third kappa shape index (κ3) is 78.0. The van der Waals surface area contributed by atoms with E-state index in [0.29, 0.717) is 25.7 Å². The SMILES string of the molecule is CCCCCCCCCCCCCCC(=O)OC[C@H](COP(=O)(O)OC[C@H](O)COP(=O)(O)OC[C@@H](COC(=O)CCCCCCCCCCCCCCCCC(C)C)OC(=O)CCCCCCCCCCCCCCCCCC(C)C)OC(=O)CCCCCCCCCCCCCCCC(C)C. The summed E-state index contributed by atoms with van der Waals surface area (Å²) in [4.78, 5) is 73.2. The van der Waals surface area contributed by atoms with Gasteiger partial charge in [-0.2, -0.15) is 0 Å². The van der Waals surface area contributed by atoms with E-state index in [1.54, 1.807) is 0 Å². The largest absolute Gasteiger partial charge is 0.472 e. The van der Waals surface area contributed by atoms with E-state index in [1.807, 2.05) is 0 Å². The minimum absolute atomic E-state index is 0.108. The Bertz CT molecular complexity index is 1990. The van der Waals surface area contributed by atoms with Gasteiger partial charge < -0.3 is 33.8 Å². The number of esters is 4. The molecule has 0 spiro atoms. The zero-order chi connectivity index (χ0) is 75.8. The lowest BCUT2D eigenvalue weighted by Gasteiger charge is -2.21. The maximum absolute atomic E-state index is 13.1. The number of rotatable bonds is 82. The van der Waals surface area contributed by atoms with Crippen LogP contribution >= 0.6 is 15.6 Å². The minimum Gasteiger partial charge on any atom is -0.462 e. The molecular weight excluding hydrogens is 1340 g/mol. The van der Waals surface area contributed by atoms with Crippen molar-refractivity contribution in [1.82, 2.24) is 0 Å². The Labute approximate surface area is 632 Å². The second-order valence-electron chi connectivity index (χ2n) is 31.6. The lowest BCUT2D eigenvalue weighted by atomic mass is 10.0. The zero-order valence-corrected chi connectivity index (χ0v) is 69.6. The quantitative estimate of drug-likeness (QED) is 0.0222. The van der Waals surface area contributed by atoms with Crippen LogP contribution in [0.5, 0.6) is 0 Å². The van der Waals surface area contributed by atoms with Crippen molar-refractivity contribution in [1.29, 1.82) is 0 Å². The molecule has 103 heavy (non-hydrogen) atoms. The van der Waals surface area contributed by atoms with Gasteiger partial charge >= 0.3 is 39.5 Å². The highest BCUT2D eigenvalue weighted by atomic mass is 31.2. The molecule has 0 amide bonds. The molecule has 0 fully saturated rings. The van der Waals surface area contributed by atoms with Crippen molar-refractivity contribution in [2.75, 3.05) is 39.6 Å². The summed E-state index contributed by atoms with van der Waals surface area (Å²) in [6, 6.07) is 0. The van der Waals surface area contributed by atoms with Crippen LogP contribution < -0.4 is 0 Å². The molecule has 17 nitrogen and oxygen atoms in total. The van der Waals surface area contributed by atoms with Crippen LogP contribution in [0, 0.1) is 17.8 Å². The standard InChI is InChI=1S/C84H164O17P2/c1-8-9-10-11-12-13-14-30-37-44-51-58-65-81(86)94-71-79(101-84(89)68-61-54-47-40-33-26-20-23-29-36-43-50-57-64-77(6)7)73-98-102(90,91)96-69-78(85)70-97-103(92,93)99-74-80(72-95-82(87)66-59-52-45-38-31-24-19-18-22-28-35-42-49-56-63-76(4)5)100-83(88)67-60-53-46-39-32-25-17-15-16-21-27-34-41-48-55-62-75(2)3/h75-80,85H,8-74H2,1-7H3,(H,90,91)(H,92,93)/t78-,79+,80+/m0/s1. The van der Waals surface area contributed by atoms with Crippen LogP contribution in [0.25, 0.3) is 0 Å². The topological polar surface area (TPSA) is 237 Å². The van der Waals surface area contributed by atoms with Gasteiger partial charge in [0.25, 0.3) is 0 Å². The number of hydrogen-bond acceptors (Lipinski definition) is 15. The van der Waals surface area contributed by atoms with Gasteiger partial charge in [-0.1, -0.05) is 389 Å². The van der Waals surface area contributed by atoms with Crippen LogP contribution in [0.1, 0.15) is 440 Å². The summed E-state index contributed by atoms with van der Waals surface area (Å²) in [5.41, 5.74) is 0. The fraction of sp³-hybridized carbons (Fsp3) is 0.952. The van der Waals surface area contributed by atoms with E-state index in [-0.39, 0.29) is 25.7 Å². The summed E-state index contributed by atoms with van der Waals surface area (Å²) in [6.07, 6.45) is 63.7. The normalized spacial score (nSPS) is 13.9. The van der Waals surface area contributed by atoms with Crippen molar-refractivity contribution in [3.8, 4) is 0 Å². The molecule has 612 valence electrons. The highest BCUT2D eigenvalue weighted by Crippen LogP contribution is 2.45. The van der Waals surface area contributed by atoms with E-state index in [1.165, 1.54) is 250 Å². The molecule has 3 N–H and O–H groups in total. The summed E-state index contributed by atoms with van der Waals surface area (Å²) in [5, 5.41) is 10.7. The molecule has 19 heteroatoms. The molecule has 0 aliphatic carbocycles. The maximum atomic E-state index is 13.1. The molecule has 0 saturated carbocycles. The molecule has 5 atom stereocenters. The molecule has 2 unspecified atom stereocenters. The van der Waals surface area contributed by atoms with E-state index in [0.717, 1.165) is 108 Å². The predicted octanol–water partition coefficient (Wildman–Crippen LogP) is 25.3. The highest BCUT2D eigenvalue weighted by molar-refractivity contribution is 7.47. The summed E-state index contributed by atoms with van der Waals surface area (Å²) in [6.45, 7) is 12.0. The second kappa shape index (κ2) is 74.2. The van der Waals surface area contributed by atoms with Crippen molar-refractivity contribution in [2.45, 2.75) is 458 Å². The fourth-order valence-corrected chi connectivity index (χ4v) is 14.6. The molecular formula is C84H164O17P2. The molecule has 0 rings (SSSR count). The first-order chi connectivity index (χ1) is 49.7. The number of phosphoric ester groups is 2. The van der Waals surface area contributed by atoms with Crippen molar-refractivity contribution in [3.05, 3.63) is 0 Å². The van der Waals surface area contributed by atoms with Gasteiger partial charge in [-0.15, -0.1) is 0 Å². The number of unbranched alkanes of at least 4 members (excludes halogenated alkanes) is 50. The van der Waals surface area contributed by atoms with Gasteiger partial charge in [0.2, 0.25) is 0 Å². The number of hydrogen-bond donors (Lipinski definition) is 3. The monoisotopic (exact) mass is 1510 g/mol. The Morgan fingerprint density at radius 2 is 0.447 bits per heavy atom. The summed E-state index contributed by atoms with van der Waals surface area (Å²) in [5.74, 6) is 0.284. The number of carbonyl (C=O) groups is 4. The third-order valence-corrected chi connectivity index (χ3v) is 21.5. The Kier molecular flexibility index (Phi) is 72.8. The Balaban J connectivity index is 5.27. The first kappa shape index (κ1) is 101. The lowest BCUT2D eigenvalue weighted by molar-refractivity contribution is -0.161. The number of carbonyl (C=O) groups excluding carboxylic acids is 4. The van der Waals surface area contributed by atoms with Crippen molar-refractivity contribution in [2.24, 2.45) is 17.8 Å². The van der Waals surface area contributed by atoms with Gasteiger partial charge in [-0.25, -0.2) is 9.13 Å². The first-order valence-corrected chi connectivity index (χ1v) is 46.3. The van der Waals surface area contributed by atoms with E-state index in [4.69, 9.17) is 37.0 Å². The molecule has 0 aliphatic heterocycles. The van der Waals surface area contributed by atoms with E-state index < -0.39 is 97.5 Å². The predicted molar refractivity (Wildman–Crippen MR) is 423 cm³/mol. The number of aliphatic hydroxyl groups is 1. The van der Waals surface area contributed by atoms with Gasteiger partial charge in [-0.05, 0) is 43.4 Å². The van der Waals surface area contributed by atoms with Crippen molar-refractivity contribution >= 4 is 39.5 Å².